The number of hydrogen-bond acceptors (Lipinski definition) is 2. The molecule has 1 amide bonds. The Morgan fingerprint density at radius 1 is 0.917 bits per heavy atom. The summed E-state index contributed by atoms with van der Waals surface area (Å²) in [5.74, 6) is 2.01. The van der Waals surface area contributed by atoms with E-state index in [4.69, 9.17) is 0 Å². The highest BCUT2D eigenvalue weighted by atomic mass is 32.1. The van der Waals surface area contributed by atoms with Crippen molar-refractivity contribution in [3.63, 3.8) is 0 Å². The van der Waals surface area contributed by atoms with Crippen LogP contribution in [-0.4, -0.2) is 11.9 Å². The van der Waals surface area contributed by atoms with Crippen molar-refractivity contribution in [1.82, 2.24) is 5.32 Å². The van der Waals surface area contributed by atoms with Crippen LogP contribution >= 0.6 is 11.3 Å². The lowest BCUT2D eigenvalue weighted by molar-refractivity contribution is 0.0914. The number of benzene rings is 1. The lowest BCUT2D eigenvalue weighted by Gasteiger charge is -2.36. The molecule has 0 radical (unpaired) electrons. The van der Waals surface area contributed by atoms with Crippen LogP contribution in [0.2, 0.25) is 0 Å². The third kappa shape index (κ3) is 3.51. The lowest BCUT2D eigenvalue weighted by atomic mass is 9.72. The van der Waals surface area contributed by atoms with Gasteiger partial charge in [0.25, 0.3) is 5.91 Å². The molecule has 0 saturated heterocycles. The first-order valence-corrected chi connectivity index (χ1v) is 10.4. The Morgan fingerprint density at radius 3 is 2.38 bits per heavy atom. The van der Waals surface area contributed by atoms with E-state index in [0.717, 1.165) is 29.6 Å². The van der Waals surface area contributed by atoms with Crippen LogP contribution in [-0.2, 0) is 0 Å². The molecule has 1 aromatic carbocycles. The summed E-state index contributed by atoms with van der Waals surface area (Å²) in [5.41, 5.74) is 0. The van der Waals surface area contributed by atoms with Gasteiger partial charge in [-0.15, -0.1) is 11.3 Å². The van der Waals surface area contributed by atoms with Crippen molar-refractivity contribution in [2.45, 2.75) is 63.8 Å². The fourth-order valence-corrected chi connectivity index (χ4v) is 5.66. The maximum atomic E-state index is 12.6. The molecule has 2 aliphatic carbocycles. The highest BCUT2D eigenvalue weighted by Crippen LogP contribution is 2.38. The molecular formula is C21H27NOS. The van der Waals surface area contributed by atoms with Crippen LogP contribution in [0.5, 0.6) is 0 Å². The Kier molecular flexibility index (Phi) is 4.88. The SMILES string of the molecule is O=C(NC1CCC(C2CCCCC2)CC1)c1cc2ccccc2s1. The second-order valence-corrected chi connectivity index (χ2v) is 8.72. The monoisotopic (exact) mass is 341 g/mol. The molecule has 0 bridgehead atoms. The van der Waals surface area contributed by atoms with Gasteiger partial charge in [-0.1, -0.05) is 50.3 Å². The van der Waals surface area contributed by atoms with Gasteiger partial charge < -0.3 is 5.32 Å². The minimum absolute atomic E-state index is 0.123. The van der Waals surface area contributed by atoms with E-state index >= 15 is 0 Å². The number of amides is 1. The molecule has 128 valence electrons. The Balaban J connectivity index is 1.32. The van der Waals surface area contributed by atoms with Crippen molar-refractivity contribution in [2.75, 3.05) is 0 Å². The standard InChI is InChI=1S/C21H27NOS/c23-21(20-14-17-8-4-5-9-19(17)24-20)22-18-12-10-16(11-13-18)15-6-2-1-3-7-15/h4-5,8-9,14-16,18H,1-3,6-7,10-13H2,(H,22,23). The van der Waals surface area contributed by atoms with Crippen LogP contribution in [0.4, 0.5) is 0 Å². The zero-order chi connectivity index (χ0) is 16.4. The number of fused-ring (bicyclic) bond motifs is 1. The molecule has 1 aromatic heterocycles. The van der Waals surface area contributed by atoms with Crippen molar-refractivity contribution < 1.29 is 4.79 Å². The Morgan fingerprint density at radius 2 is 1.62 bits per heavy atom. The van der Waals surface area contributed by atoms with Gasteiger partial charge in [-0.2, -0.15) is 0 Å². The van der Waals surface area contributed by atoms with E-state index < -0.39 is 0 Å². The van der Waals surface area contributed by atoms with Crippen molar-refractivity contribution in [1.29, 1.82) is 0 Å². The quantitative estimate of drug-likeness (QED) is 0.754. The molecule has 24 heavy (non-hydrogen) atoms. The van der Waals surface area contributed by atoms with Gasteiger partial charge in [0, 0.05) is 10.7 Å². The highest BCUT2D eigenvalue weighted by molar-refractivity contribution is 7.20. The summed E-state index contributed by atoms with van der Waals surface area (Å²) < 4.78 is 1.20. The zero-order valence-corrected chi connectivity index (χ0v) is 15.1. The van der Waals surface area contributed by atoms with Crippen molar-refractivity contribution in [3.8, 4) is 0 Å². The summed E-state index contributed by atoms with van der Waals surface area (Å²) in [7, 11) is 0. The maximum Gasteiger partial charge on any atom is 0.261 e. The molecule has 0 atom stereocenters. The fraction of sp³-hybridized carbons (Fsp3) is 0.571. The Bertz CT molecular complexity index is 660. The van der Waals surface area contributed by atoms with Gasteiger partial charge in [0.1, 0.15) is 0 Å². The van der Waals surface area contributed by atoms with E-state index in [1.165, 1.54) is 55.0 Å². The predicted molar refractivity (Wildman–Crippen MR) is 102 cm³/mol. The summed E-state index contributed by atoms with van der Waals surface area (Å²) in [6, 6.07) is 10.6. The first kappa shape index (κ1) is 16.1. The second kappa shape index (κ2) is 7.26. The number of hydrogen-bond donors (Lipinski definition) is 1. The summed E-state index contributed by atoms with van der Waals surface area (Å²) in [6.07, 6.45) is 12.2. The van der Waals surface area contributed by atoms with Gasteiger partial charge in [-0.3, -0.25) is 4.79 Å². The predicted octanol–water partition coefficient (Wildman–Crippen LogP) is 5.77. The van der Waals surface area contributed by atoms with Crippen molar-refractivity contribution >= 4 is 27.3 Å². The van der Waals surface area contributed by atoms with Crippen LogP contribution in [0, 0.1) is 11.8 Å². The van der Waals surface area contributed by atoms with E-state index in [-0.39, 0.29) is 5.91 Å². The van der Waals surface area contributed by atoms with E-state index in [9.17, 15) is 4.79 Å². The van der Waals surface area contributed by atoms with E-state index in [0.29, 0.717) is 6.04 Å². The third-order valence-corrected chi connectivity index (χ3v) is 7.19. The first-order valence-electron chi connectivity index (χ1n) is 9.59. The fourth-order valence-electron chi connectivity index (χ4n) is 4.69. The number of rotatable bonds is 3. The van der Waals surface area contributed by atoms with E-state index in [2.05, 4.69) is 17.4 Å². The molecular weight excluding hydrogens is 314 g/mol. The zero-order valence-electron chi connectivity index (χ0n) is 14.3. The maximum absolute atomic E-state index is 12.6. The van der Waals surface area contributed by atoms with Gasteiger partial charge in [0.2, 0.25) is 0 Å². The average Bonchev–Trinajstić information content (AvgIpc) is 3.07. The number of carbonyl (C=O) groups excluding carboxylic acids is 1. The molecule has 1 N–H and O–H groups in total. The van der Waals surface area contributed by atoms with Crippen LogP contribution in [0.3, 0.4) is 0 Å². The molecule has 2 aromatic rings. The molecule has 4 rings (SSSR count). The normalized spacial score (nSPS) is 25.7. The van der Waals surface area contributed by atoms with Crippen molar-refractivity contribution in [3.05, 3.63) is 35.2 Å². The summed E-state index contributed by atoms with van der Waals surface area (Å²) >= 11 is 1.61. The minimum atomic E-state index is 0.123. The smallest absolute Gasteiger partial charge is 0.261 e. The van der Waals surface area contributed by atoms with Gasteiger partial charge in [0.15, 0.2) is 0 Å². The third-order valence-electron chi connectivity index (χ3n) is 6.07. The van der Waals surface area contributed by atoms with E-state index in [1.54, 1.807) is 11.3 Å². The van der Waals surface area contributed by atoms with Crippen LogP contribution < -0.4 is 5.32 Å². The van der Waals surface area contributed by atoms with Gasteiger partial charge in [-0.25, -0.2) is 0 Å². The highest BCUT2D eigenvalue weighted by Gasteiger charge is 2.29. The topological polar surface area (TPSA) is 29.1 Å². The van der Waals surface area contributed by atoms with Crippen molar-refractivity contribution in [2.24, 2.45) is 11.8 Å². The molecule has 2 aliphatic rings. The molecule has 3 heteroatoms. The average molecular weight is 342 g/mol. The molecule has 2 fully saturated rings. The minimum Gasteiger partial charge on any atom is -0.349 e. The van der Waals surface area contributed by atoms with Crippen LogP contribution in [0.1, 0.15) is 67.5 Å². The Hall–Kier alpha value is -1.35. The van der Waals surface area contributed by atoms with Crippen LogP contribution in [0.15, 0.2) is 30.3 Å². The molecule has 2 nitrogen and oxygen atoms in total. The first-order chi connectivity index (χ1) is 11.8. The molecule has 0 aliphatic heterocycles. The van der Waals surface area contributed by atoms with Crippen LogP contribution in [0.25, 0.3) is 10.1 Å². The van der Waals surface area contributed by atoms with Gasteiger partial charge >= 0.3 is 0 Å². The Labute approximate surface area is 148 Å². The molecule has 2 saturated carbocycles. The summed E-state index contributed by atoms with van der Waals surface area (Å²) in [4.78, 5) is 13.4. The summed E-state index contributed by atoms with van der Waals surface area (Å²) in [6.45, 7) is 0. The van der Waals surface area contributed by atoms with Gasteiger partial charge in [0.05, 0.1) is 4.88 Å². The summed E-state index contributed by atoms with van der Waals surface area (Å²) in [5, 5.41) is 4.47. The van der Waals surface area contributed by atoms with E-state index in [1.807, 2.05) is 18.2 Å². The molecule has 0 unspecified atom stereocenters. The molecule has 1 heterocycles. The number of carbonyl (C=O) groups is 1. The largest absolute Gasteiger partial charge is 0.349 e. The number of thiophene rings is 1. The van der Waals surface area contributed by atoms with Gasteiger partial charge in [-0.05, 0) is 55.0 Å². The number of nitrogens with one attached hydrogen (secondary N) is 1. The lowest BCUT2D eigenvalue weighted by Crippen LogP contribution is -2.38. The molecule has 0 spiro atoms. The second-order valence-electron chi connectivity index (χ2n) is 7.63.